The van der Waals surface area contributed by atoms with E-state index in [1.165, 1.54) is 6.42 Å². The summed E-state index contributed by atoms with van der Waals surface area (Å²) in [6.07, 6.45) is 7.42. The van der Waals surface area contributed by atoms with Gasteiger partial charge in [0.2, 0.25) is 0 Å². The predicted octanol–water partition coefficient (Wildman–Crippen LogP) is 2.13. The summed E-state index contributed by atoms with van der Waals surface area (Å²) in [5.41, 5.74) is 1.56. The first kappa shape index (κ1) is 8.57. The molecule has 0 saturated carbocycles. The third-order valence-corrected chi connectivity index (χ3v) is 2.43. The van der Waals surface area contributed by atoms with Crippen LogP contribution >= 0.6 is 0 Å². The Morgan fingerprint density at radius 1 is 1.38 bits per heavy atom. The number of hydrogen-bond acceptors (Lipinski definition) is 2. The minimum atomic E-state index is 1.04. The van der Waals surface area contributed by atoms with Crippen molar-refractivity contribution < 1.29 is 4.42 Å². The molecule has 1 aliphatic heterocycles. The lowest BCUT2D eigenvalue weighted by atomic mass is 10.0. The lowest BCUT2D eigenvalue weighted by molar-refractivity contribution is 0.505. The Morgan fingerprint density at radius 3 is 3.08 bits per heavy atom. The molecule has 0 bridgehead atoms. The number of aryl methyl sites for hydroxylation is 1. The van der Waals surface area contributed by atoms with Gasteiger partial charge >= 0.3 is 0 Å². The highest BCUT2D eigenvalue weighted by Crippen LogP contribution is 2.13. The molecule has 0 saturated heterocycles. The summed E-state index contributed by atoms with van der Waals surface area (Å²) < 4.78 is 5.28. The van der Waals surface area contributed by atoms with Crippen molar-refractivity contribution in [2.24, 2.45) is 0 Å². The van der Waals surface area contributed by atoms with Crippen molar-refractivity contribution in [3.8, 4) is 0 Å². The summed E-state index contributed by atoms with van der Waals surface area (Å²) in [5.74, 6) is 1.10. The molecule has 1 aromatic heterocycles. The molecule has 0 atom stereocenters. The summed E-state index contributed by atoms with van der Waals surface area (Å²) in [7, 11) is 0. The van der Waals surface area contributed by atoms with E-state index >= 15 is 0 Å². The maximum atomic E-state index is 5.28. The number of nitrogens with one attached hydrogen (secondary N) is 1. The smallest absolute Gasteiger partial charge is 0.104 e. The fourth-order valence-corrected chi connectivity index (χ4v) is 1.64. The summed E-state index contributed by atoms with van der Waals surface area (Å²) in [4.78, 5) is 0. The topological polar surface area (TPSA) is 25.2 Å². The Labute approximate surface area is 78.6 Å². The molecule has 0 unspecified atom stereocenters. The molecule has 0 aliphatic carbocycles. The van der Waals surface area contributed by atoms with Crippen molar-refractivity contribution >= 4 is 0 Å². The van der Waals surface area contributed by atoms with Gasteiger partial charge in [-0.2, -0.15) is 0 Å². The van der Waals surface area contributed by atoms with E-state index in [1.807, 2.05) is 12.1 Å². The average Bonchev–Trinajstić information content (AvgIpc) is 2.69. The predicted molar refractivity (Wildman–Crippen MR) is 52.6 cm³/mol. The fraction of sp³-hybridized carbons (Fsp3) is 0.455. The zero-order chi connectivity index (χ0) is 8.93. The molecule has 1 N–H and O–H groups in total. The molecule has 0 spiro atoms. The van der Waals surface area contributed by atoms with Crippen LogP contribution in [0.2, 0.25) is 0 Å². The van der Waals surface area contributed by atoms with Crippen molar-refractivity contribution in [1.82, 2.24) is 5.32 Å². The van der Waals surface area contributed by atoms with Crippen LogP contribution in [0.4, 0.5) is 0 Å². The highest BCUT2D eigenvalue weighted by Gasteiger charge is 2.03. The van der Waals surface area contributed by atoms with Gasteiger partial charge in [-0.05, 0) is 31.5 Å². The molecule has 2 nitrogen and oxygen atoms in total. The molecule has 70 valence electrons. The van der Waals surface area contributed by atoms with Gasteiger partial charge < -0.3 is 9.73 Å². The molecular weight excluding hydrogens is 162 g/mol. The first-order valence-electron chi connectivity index (χ1n) is 4.86. The van der Waals surface area contributed by atoms with E-state index in [9.17, 15) is 0 Å². The normalized spacial score (nSPS) is 17.1. The van der Waals surface area contributed by atoms with Gasteiger partial charge in [-0.25, -0.2) is 0 Å². The number of rotatable bonds is 3. The second-order valence-electron chi connectivity index (χ2n) is 3.40. The molecule has 0 amide bonds. The van der Waals surface area contributed by atoms with Gasteiger partial charge in [0.15, 0.2) is 0 Å². The quantitative estimate of drug-likeness (QED) is 0.715. The van der Waals surface area contributed by atoms with Gasteiger partial charge in [0.1, 0.15) is 5.76 Å². The molecule has 2 rings (SSSR count). The van der Waals surface area contributed by atoms with Gasteiger partial charge in [-0.1, -0.05) is 11.6 Å². The Kier molecular flexibility index (Phi) is 2.82. The lowest BCUT2D eigenvalue weighted by Gasteiger charge is -2.12. The highest BCUT2D eigenvalue weighted by atomic mass is 16.3. The second kappa shape index (κ2) is 4.28. The van der Waals surface area contributed by atoms with E-state index in [0.717, 1.165) is 31.7 Å². The molecule has 1 aliphatic rings. The second-order valence-corrected chi connectivity index (χ2v) is 3.40. The van der Waals surface area contributed by atoms with Crippen LogP contribution in [0.3, 0.4) is 0 Å². The third kappa shape index (κ3) is 2.46. The van der Waals surface area contributed by atoms with E-state index in [1.54, 1.807) is 11.8 Å². The molecule has 2 heterocycles. The largest absolute Gasteiger partial charge is 0.469 e. The van der Waals surface area contributed by atoms with Gasteiger partial charge in [-0.3, -0.25) is 0 Å². The van der Waals surface area contributed by atoms with Crippen LogP contribution in [0.15, 0.2) is 34.5 Å². The first-order chi connectivity index (χ1) is 6.45. The third-order valence-electron chi connectivity index (χ3n) is 2.43. The number of hydrogen-bond donors (Lipinski definition) is 1. The zero-order valence-electron chi connectivity index (χ0n) is 7.75. The van der Waals surface area contributed by atoms with E-state index in [0.29, 0.717) is 0 Å². The lowest BCUT2D eigenvalue weighted by Crippen LogP contribution is -2.20. The van der Waals surface area contributed by atoms with Crippen LogP contribution in [-0.2, 0) is 6.42 Å². The number of furan rings is 1. The van der Waals surface area contributed by atoms with E-state index in [-0.39, 0.29) is 0 Å². The van der Waals surface area contributed by atoms with Gasteiger partial charge in [0, 0.05) is 13.0 Å². The molecule has 2 heteroatoms. The van der Waals surface area contributed by atoms with Crippen LogP contribution < -0.4 is 5.32 Å². The van der Waals surface area contributed by atoms with Gasteiger partial charge in [-0.15, -0.1) is 0 Å². The van der Waals surface area contributed by atoms with Crippen molar-refractivity contribution in [2.75, 3.05) is 13.1 Å². The van der Waals surface area contributed by atoms with Crippen LogP contribution in [-0.4, -0.2) is 13.1 Å². The van der Waals surface area contributed by atoms with E-state index in [2.05, 4.69) is 11.4 Å². The molecule has 13 heavy (non-hydrogen) atoms. The van der Waals surface area contributed by atoms with Crippen molar-refractivity contribution in [3.63, 3.8) is 0 Å². The Hall–Kier alpha value is -1.02. The molecule has 1 aromatic rings. The molecular formula is C11H15NO. The zero-order valence-corrected chi connectivity index (χ0v) is 7.75. The van der Waals surface area contributed by atoms with Gasteiger partial charge in [0.05, 0.1) is 6.26 Å². The maximum Gasteiger partial charge on any atom is 0.104 e. The molecule has 0 fully saturated rings. The van der Waals surface area contributed by atoms with Crippen LogP contribution in [0.25, 0.3) is 0 Å². The van der Waals surface area contributed by atoms with E-state index < -0.39 is 0 Å². The fourth-order valence-electron chi connectivity index (χ4n) is 1.64. The van der Waals surface area contributed by atoms with Crippen LogP contribution in [0.1, 0.15) is 18.6 Å². The van der Waals surface area contributed by atoms with Crippen LogP contribution in [0, 0.1) is 0 Å². The minimum Gasteiger partial charge on any atom is -0.469 e. The first-order valence-corrected chi connectivity index (χ1v) is 4.86. The van der Waals surface area contributed by atoms with E-state index in [4.69, 9.17) is 4.42 Å². The van der Waals surface area contributed by atoms with Crippen molar-refractivity contribution in [2.45, 2.75) is 19.3 Å². The minimum absolute atomic E-state index is 1.04. The summed E-state index contributed by atoms with van der Waals surface area (Å²) in [5, 5.41) is 3.31. The highest BCUT2D eigenvalue weighted by molar-refractivity contribution is 5.09. The standard InChI is InChI=1S/C11H15NO/c1-2-11(13-9-1)4-3-10-5-7-12-8-6-10/h1-2,5,9,12H,3-4,6-8H2. The molecule has 0 radical (unpaired) electrons. The van der Waals surface area contributed by atoms with Crippen LogP contribution in [0.5, 0.6) is 0 Å². The summed E-state index contributed by atoms with van der Waals surface area (Å²) in [6.45, 7) is 2.16. The van der Waals surface area contributed by atoms with Crippen molar-refractivity contribution in [1.29, 1.82) is 0 Å². The monoisotopic (exact) mass is 177 g/mol. The maximum absolute atomic E-state index is 5.28. The van der Waals surface area contributed by atoms with Gasteiger partial charge in [0.25, 0.3) is 0 Å². The summed E-state index contributed by atoms with van der Waals surface area (Å²) >= 11 is 0. The Morgan fingerprint density at radius 2 is 2.38 bits per heavy atom. The Bertz CT molecular complexity index is 274. The van der Waals surface area contributed by atoms with Crippen molar-refractivity contribution in [3.05, 3.63) is 35.8 Å². The molecule has 0 aromatic carbocycles. The Balaban J connectivity index is 1.82. The SMILES string of the molecule is C1=C(CCc2ccco2)CCNC1. The average molecular weight is 177 g/mol. The summed E-state index contributed by atoms with van der Waals surface area (Å²) in [6, 6.07) is 3.99.